The number of rotatable bonds is 1. The van der Waals surface area contributed by atoms with Crippen molar-refractivity contribution in [3.05, 3.63) is 32.6 Å². The fourth-order valence-corrected chi connectivity index (χ4v) is 3.38. The lowest BCUT2D eigenvalue weighted by molar-refractivity contribution is 0.0832. The van der Waals surface area contributed by atoms with Crippen LogP contribution in [-0.2, 0) is 0 Å². The minimum Gasteiger partial charge on any atom is -0.344 e. The Morgan fingerprint density at radius 3 is 2.80 bits per heavy atom. The lowest BCUT2D eigenvalue weighted by Gasteiger charge is -2.08. The summed E-state index contributed by atoms with van der Waals surface area (Å²) in [5, 5.41) is 2.58. The largest absolute Gasteiger partial charge is 0.344 e. The SMILES string of the molecule is CN(C)C(=O)c1cc(=O)c2ccsc2s1. The van der Waals surface area contributed by atoms with Gasteiger partial charge in [0.2, 0.25) is 0 Å². The normalized spacial score (nSPS) is 10.5. The van der Waals surface area contributed by atoms with E-state index in [1.807, 2.05) is 5.38 Å². The van der Waals surface area contributed by atoms with E-state index in [1.54, 1.807) is 20.2 Å². The molecule has 3 nitrogen and oxygen atoms in total. The fraction of sp³-hybridized carbons (Fsp3) is 0.200. The molecule has 0 saturated heterocycles. The Hall–Kier alpha value is -1.20. The smallest absolute Gasteiger partial charge is 0.263 e. The fourth-order valence-electron chi connectivity index (χ4n) is 1.21. The van der Waals surface area contributed by atoms with Crippen molar-refractivity contribution in [2.75, 3.05) is 14.1 Å². The van der Waals surface area contributed by atoms with Crippen LogP contribution in [0.5, 0.6) is 0 Å². The van der Waals surface area contributed by atoms with Gasteiger partial charge in [0.25, 0.3) is 5.91 Å². The molecule has 0 N–H and O–H groups in total. The van der Waals surface area contributed by atoms with Crippen molar-refractivity contribution in [1.82, 2.24) is 4.90 Å². The first-order valence-electron chi connectivity index (χ1n) is 4.32. The first-order valence-corrected chi connectivity index (χ1v) is 6.02. The summed E-state index contributed by atoms with van der Waals surface area (Å²) in [6.45, 7) is 0. The summed E-state index contributed by atoms with van der Waals surface area (Å²) in [5.41, 5.74) is -0.0739. The van der Waals surface area contributed by atoms with Crippen LogP contribution in [0.4, 0.5) is 0 Å². The average Bonchev–Trinajstić information content (AvgIpc) is 2.64. The summed E-state index contributed by atoms with van der Waals surface area (Å²) in [7, 11) is 3.36. The van der Waals surface area contributed by atoms with E-state index >= 15 is 0 Å². The first-order chi connectivity index (χ1) is 7.09. The summed E-state index contributed by atoms with van der Waals surface area (Å²) < 4.78 is 0.910. The molecule has 0 saturated carbocycles. The van der Waals surface area contributed by atoms with Gasteiger partial charge in [-0.3, -0.25) is 9.59 Å². The summed E-state index contributed by atoms with van der Waals surface area (Å²) in [5.74, 6) is -0.118. The predicted octanol–water partition coefficient (Wildman–Crippen LogP) is 2.02. The topological polar surface area (TPSA) is 37.4 Å². The maximum Gasteiger partial charge on any atom is 0.263 e. The Morgan fingerprint density at radius 1 is 1.40 bits per heavy atom. The van der Waals surface area contributed by atoms with Gasteiger partial charge in [0, 0.05) is 20.2 Å². The number of hydrogen-bond donors (Lipinski definition) is 0. The average molecular weight is 239 g/mol. The van der Waals surface area contributed by atoms with Crippen LogP contribution in [0.1, 0.15) is 9.67 Å². The van der Waals surface area contributed by atoms with E-state index in [0.717, 1.165) is 4.01 Å². The van der Waals surface area contributed by atoms with Gasteiger partial charge < -0.3 is 4.90 Å². The van der Waals surface area contributed by atoms with Crippen LogP contribution in [0.2, 0.25) is 0 Å². The molecule has 0 radical (unpaired) electrons. The van der Waals surface area contributed by atoms with E-state index in [-0.39, 0.29) is 11.3 Å². The van der Waals surface area contributed by atoms with E-state index in [4.69, 9.17) is 0 Å². The third-order valence-electron chi connectivity index (χ3n) is 1.98. The molecular formula is C10H9NO2S2. The van der Waals surface area contributed by atoms with Gasteiger partial charge in [-0.1, -0.05) is 0 Å². The van der Waals surface area contributed by atoms with Crippen LogP contribution >= 0.6 is 22.7 Å². The first kappa shape index (κ1) is 10.3. The monoisotopic (exact) mass is 239 g/mol. The molecule has 2 rings (SSSR count). The number of carbonyl (C=O) groups excluding carboxylic acids is 1. The molecule has 15 heavy (non-hydrogen) atoms. The number of amides is 1. The van der Waals surface area contributed by atoms with E-state index in [1.165, 1.54) is 33.6 Å². The molecule has 2 aromatic rings. The van der Waals surface area contributed by atoms with Gasteiger partial charge in [0.15, 0.2) is 5.43 Å². The summed E-state index contributed by atoms with van der Waals surface area (Å²) in [4.78, 5) is 25.3. The van der Waals surface area contributed by atoms with Crippen molar-refractivity contribution in [2.45, 2.75) is 0 Å². The zero-order valence-electron chi connectivity index (χ0n) is 8.31. The Bertz CT molecular complexity index is 568. The molecule has 0 aliphatic rings. The van der Waals surface area contributed by atoms with Gasteiger partial charge in [-0.25, -0.2) is 0 Å². The molecule has 1 amide bonds. The molecule has 0 aromatic carbocycles. The van der Waals surface area contributed by atoms with E-state index in [0.29, 0.717) is 10.3 Å². The highest BCUT2D eigenvalue weighted by molar-refractivity contribution is 7.37. The lowest BCUT2D eigenvalue weighted by atomic mass is 10.3. The molecule has 0 unspecified atom stereocenters. The predicted molar refractivity (Wildman–Crippen MR) is 64.0 cm³/mol. The van der Waals surface area contributed by atoms with E-state index in [2.05, 4.69) is 0 Å². The van der Waals surface area contributed by atoms with Gasteiger partial charge in [-0.15, -0.1) is 22.7 Å². The standard InChI is InChI=1S/C10H9NO2S2/c1-11(2)9(13)8-5-7(12)6-3-4-14-10(6)15-8/h3-5H,1-2H3. The summed E-state index contributed by atoms with van der Waals surface area (Å²) in [6, 6.07) is 3.21. The molecule has 0 atom stereocenters. The number of fused-ring (bicyclic) bond motifs is 1. The Kier molecular flexibility index (Phi) is 2.58. The lowest BCUT2D eigenvalue weighted by Crippen LogP contribution is -2.22. The minimum absolute atomic E-state index is 0.0739. The molecule has 0 bridgehead atoms. The summed E-state index contributed by atoms with van der Waals surface area (Å²) >= 11 is 2.86. The molecule has 5 heteroatoms. The number of carbonyl (C=O) groups is 1. The number of thiophene rings is 1. The van der Waals surface area contributed by atoms with Crippen LogP contribution in [0.15, 0.2) is 22.3 Å². The van der Waals surface area contributed by atoms with Crippen LogP contribution in [0.3, 0.4) is 0 Å². The van der Waals surface area contributed by atoms with Gasteiger partial charge in [0.05, 0.1) is 14.3 Å². The van der Waals surface area contributed by atoms with Crippen molar-refractivity contribution in [1.29, 1.82) is 0 Å². The zero-order valence-corrected chi connectivity index (χ0v) is 9.95. The third-order valence-corrected chi connectivity index (χ3v) is 4.14. The molecule has 2 heterocycles. The van der Waals surface area contributed by atoms with Crippen molar-refractivity contribution in [3.8, 4) is 0 Å². The minimum atomic E-state index is -0.118. The van der Waals surface area contributed by atoms with Gasteiger partial charge in [-0.05, 0) is 11.4 Å². The molecule has 0 fully saturated rings. The van der Waals surface area contributed by atoms with Crippen molar-refractivity contribution >= 4 is 38.0 Å². The second-order valence-electron chi connectivity index (χ2n) is 3.30. The van der Waals surface area contributed by atoms with Crippen molar-refractivity contribution in [3.63, 3.8) is 0 Å². The molecule has 0 aliphatic heterocycles. The van der Waals surface area contributed by atoms with Crippen LogP contribution in [-0.4, -0.2) is 24.9 Å². The molecule has 0 aliphatic carbocycles. The molecule has 2 aromatic heterocycles. The van der Waals surface area contributed by atoms with E-state index < -0.39 is 0 Å². The van der Waals surface area contributed by atoms with Crippen molar-refractivity contribution in [2.24, 2.45) is 0 Å². The quantitative estimate of drug-likeness (QED) is 0.763. The Morgan fingerprint density at radius 2 is 2.13 bits per heavy atom. The molecule has 0 spiro atoms. The number of nitrogens with zero attached hydrogens (tertiary/aromatic N) is 1. The third kappa shape index (κ3) is 1.80. The van der Waals surface area contributed by atoms with Crippen LogP contribution in [0.25, 0.3) is 9.40 Å². The van der Waals surface area contributed by atoms with Crippen LogP contribution in [0, 0.1) is 0 Å². The van der Waals surface area contributed by atoms with E-state index in [9.17, 15) is 9.59 Å². The molecular weight excluding hydrogens is 230 g/mol. The van der Waals surface area contributed by atoms with Gasteiger partial charge >= 0.3 is 0 Å². The second kappa shape index (κ2) is 3.75. The zero-order chi connectivity index (χ0) is 11.0. The Labute approximate surface area is 94.6 Å². The van der Waals surface area contributed by atoms with Crippen molar-refractivity contribution < 1.29 is 4.79 Å². The van der Waals surface area contributed by atoms with Gasteiger partial charge in [-0.2, -0.15) is 0 Å². The van der Waals surface area contributed by atoms with Gasteiger partial charge in [0.1, 0.15) is 0 Å². The maximum absolute atomic E-state index is 11.7. The highest BCUT2D eigenvalue weighted by Crippen LogP contribution is 2.24. The molecule has 78 valence electrons. The van der Waals surface area contributed by atoms with Crippen LogP contribution < -0.4 is 5.43 Å². The second-order valence-corrected chi connectivity index (χ2v) is 5.52. The Balaban J connectivity index is 2.64. The number of hydrogen-bond acceptors (Lipinski definition) is 4. The summed E-state index contributed by atoms with van der Waals surface area (Å²) in [6.07, 6.45) is 0. The highest BCUT2D eigenvalue weighted by atomic mass is 32.2. The highest BCUT2D eigenvalue weighted by Gasteiger charge is 2.12. The maximum atomic E-state index is 11.7.